The molecule has 23 heavy (non-hydrogen) atoms. The minimum Gasteiger partial charge on any atom is -0.387 e. The summed E-state index contributed by atoms with van der Waals surface area (Å²) in [6.45, 7) is 2.02. The number of aliphatic hydroxyl groups excluding tert-OH is 1. The summed E-state index contributed by atoms with van der Waals surface area (Å²) in [7, 11) is 0. The van der Waals surface area contributed by atoms with Crippen LogP contribution in [0.25, 0.3) is 10.9 Å². The molecule has 2 heterocycles. The fraction of sp³-hybridized carbons (Fsp3) is 0.235. The average Bonchev–Trinajstić information content (AvgIpc) is 3.15. The third-order valence-electron chi connectivity index (χ3n) is 3.84. The molecule has 0 spiro atoms. The van der Waals surface area contributed by atoms with Gasteiger partial charge in [-0.1, -0.05) is 0 Å². The summed E-state index contributed by atoms with van der Waals surface area (Å²) < 4.78 is 13.4. The molecule has 0 bridgehead atoms. The summed E-state index contributed by atoms with van der Waals surface area (Å²) >= 11 is 1.50. The zero-order valence-corrected chi connectivity index (χ0v) is 13.4. The average molecular weight is 332 g/mol. The number of carbonyl (C=O) groups excluding carboxylic acids is 1. The van der Waals surface area contributed by atoms with Crippen LogP contribution in [0.1, 0.15) is 22.9 Å². The second-order valence-electron chi connectivity index (χ2n) is 5.47. The Morgan fingerprint density at radius 2 is 2.26 bits per heavy atom. The van der Waals surface area contributed by atoms with Crippen LogP contribution >= 0.6 is 11.3 Å². The quantitative estimate of drug-likeness (QED) is 0.672. The second-order valence-corrected chi connectivity index (χ2v) is 6.25. The first-order valence-corrected chi connectivity index (χ1v) is 8.22. The summed E-state index contributed by atoms with van der Waals surface area (Å²) in [6.07, 6.45) is -0.572. The van der Waals surface area contributed by atoms with Gasteiger partial charge in [-0.05, 0) is 53.1 Å². The summed E-state index contributed by atoms with van der Waals surface area (Å²) in [6, 6.07) is 6.31. The summed E-state index contributed by atoms with van der Waals surface area (Å²) in [5.41, 5.74) is 3.23. The summed E-state index contributed by atoms with van der Waals surface area (Å²) in [5, 5.41) is 17.2. The third kappa shape index (κ3) is 3.43. The van der Waals surface area contributed by atoms with Crippen LogP contribution in [0.4, 0.5) is 4.39 Å². The van der Waals surface area contributed by atoms with Gasteiger partial charge < -0.3 is 15.4 Å². The van der Waals surface area contributed by atoms with Crippen molar-refractivity contribution in [1.82, 2.24) is 10.3 Å². The number of rotatable bonds is 5. The Bertz CT molecular complexity index is 827. The number of aryl methyl sites for hydroxylation is 1. The van der Waals surface area contributed by atoms with E-state index in [0.717, 1.165) is 27.7 Å². The molecule has 3 N–H and O–H groups in total. The van der Waals surface area contributed by atoms with Crippen LogP contribution in [0, 0.1) is 12.7 Å². The maximum atomic E-state index is 13.4. The molecular formula is C17H17FN2O2S. The van der Waals surface area contributed by atoms with Crippen LogP contribution in [-0.4, -0.2) is 22.5 Å². The topological polar surface area (TPSA) is 65.1 Å². The predicted molar refractivity (Wildman–Crippen MR) is 89.0 cm³/mol. The molecule has 1 amide bonds. The number of nitrogens with one attached hydrogen (secondary N) is 2. The van der Waals surface area contributed by atoms with E-state index in [-0.39, 0.29) is 24.7 Å². The molecule has 1 atom stereocenters. The molecule has 0 radical (unpaired) electrons. The van der Waals surface area contributed by atoms with Gasteiger partial charge in [0, 0.05) is 23.1 Å². The van der Waals surface area contributed by atoms with E-state index < -0.39 is 6.10 Å². The lowest BCUT2D eigenvalue weighted by molar-refractivity contribution is -0.120. The molecule has 4 nitrogen and oxygen atoms in total. The smallest absolute Gasteiger partial charge is 0.224 e. The highest BCUT2D eigenvalue weighted by atomic mass is 32.1. The molecule has 0 saturated heterocycles. The number of thiophene rings is 1. The van der Waals surface area contributed by atoms with E-state index in [4.69, 9.17) is 0 Å². The second kappa shape index (κ2) is 6.52. The lowest BCUT2D eigenvalue weighted by Crippen LogP contribution is -2.29. The minimum atomic E-state index is -0.716. The summed E-state index contributed by atoms with van der Waals surface area (Å²) in [4.78, 5) is 15.3. The van der Waals surface area contributed by atoms with Crippen molar-refractivity contribution < 1.29 is 14.3 Å². The van der Waals surface area contributed by atoms with E-state index in [9.17, 15) is 14.3 Å². The van der Waals surface area contributed by atoms with Gasteiger partial charge in [-0.25, -0.2) is 4.39 Å². The highest BCUT2D eigenvalue weighted by Crippen LogP contribution is 2.23. The number of aromatic nitrogens is 1. The number of benzene rings is 1. The third-order valence-corrected chi connectivity index (χ3v) is 4.54. The standard InChI is InChI=1S/C17H17FN2O2S/c1-10-13(14-6-12(18)2-3-15(14)20-10)7-17(22)19-8-16(21)11-4-5-23-9-11/h2-6,9,16,20-21H,7-8H2,1H3,(H,19,22). The maximum Gasteiger partial charge on any atom is 0.224 e. The van der Waals surface area contributed by atoms with E-state index in [0.29, 0.717) is 0 Å². The monoisotopic (exact) mass is 332 g/mol. The van der Waals surface area contributed by atoms with Gasteiger partial charge in [0.1, 0.15) is 5.82 Å². The Balaban J connectivity index is 1.68. The molecule has 0 aliphatic heterocycles. The minimum absolute atomic E-state index is 0.144. The fourth-order valence-corrected chi connectivity index (χ4v) is 3.31. The lowest BCUT2D eigenvalue weighted by atomic mass is 10.1. The molecule has 0 fully saturated rings. The first-order chi connectivity index (χ1) is 11.0. The normalized spacial score (nSPS) is 12.5. The maximum absolute atomic E-state index is 13.4. The Hall–Kier alpha value is -2.18. The van der Waals surface area contributed by atoms with Gasteiger partial charge in [0.2, 0.25) is 5.91 Å². The number of hydrogen-bond donors (Lipinski definition) is 3. The van der Waals surface area contributed by atoms with E-state index in [1.165, 1.54) is 23.5 Å². The molecule has 3 aromatic rings. The SMILES string of the molecule is Cc1[nH]c2ccc(F)cc2c1CC(=O)NCC(O)c1ccsc1. The number of carbonyl (C=O) groups is 1. The lowest BCUT2D eigenvalue weighted by Gasteiger charge is -2.10. The van der Waals surface area contributed by atoms with Crippen molar-refractivity contribution in [1.29, 1.82) is 0 Å². The van der Waals surface area contributed by atoms with Crippen LogP contribution in [0.2, 0.25) is 0 Å². The number of aliphatic hydroxyl groups is 1. The molecule has 1 aromatic carbocycles. The highest BCUT2D eigenvalue weighted by molar-refractivity contribution is 7.07. The van der Waals surface area contributed by atoms with Gasteiger partial charge in [-0.3, -0.25) is 4.79 Å². The van der Waals surface area contributed by atoms with Gasteiger partial charge in [0.05, 0.1) is 12.5 Å². The zero-order valence-electron chi connectivity index (χ0n) is 12.6. The highest BCUT2D eigenvalue weighted by Gasteiger charge is 2.15. The molecule has 0 saturated carbocycles. The largest absolute Gasteiger partial charge is 0.387 e. The number of amides is 1. The van der Waals surface area contributed by atoms with Gasteiger partial charge in [0.25, 0.3) is 0 Å². The molecule has 3 rings (SSSR count). The Labute approximate surface area is 137 Å². The van der Waals surface area contributed by atoms with Crippen LogP contribution in [0.5, 0.6) is 0 Å². The van der Waals surface area contributed by atoms with E-state index >= 15 is 0 Å². The van der Waals surface area contributed by atoms with E-state index in [2.05, 4.69) is 10.3 Å². The van der Waals surface area contributed by atoms with Crippen molar-refractivity contribution in [2.75, 3.05) is 6.54 Å². The van der Waals surface area contributed by atoms with Gasteiger partial charge >= 0.3 is 0 Å². The van der Waals surface area contributed by atoms with Gasteiger partial charge in [-0.2, -0.15) is 11.3 Å². The van der Waals surface area contributed by atoms with Crippen LogP contribution in [0.15, 0.2) is 35.0 Å². The van der Waals surface area contributed by atoms with Crippen molar-refractivity contribution >= 4 is 28.1 Å². The molecular weight excluding hydrogens is 315 g/mol. The number of hydrogen-bond acceptors (Lipinski definition) is 3. The molecule has 6 heteroatoms. The van der Waals surface area contributed by atoms with Crippen molar-refractivity contribution in [2.24, 2.45) is 0 Å². The first kappa shape index (κ1) is 15.7. The van der Waals surface area contributed by atoms with Crippen LogP contribution in [0.3, 0.4) is 0 Å². The molecule has 120 valence electrons. The van der Waals surface area contributed by atoms with E-state index in [1.807, 2.05) is 23.8 Å². The van der Waals surface area contributed by atoms with Crippen LogP contribution < -0.4 is 5.32 Å². The van der Waals surface area contributed by atoms with Crippen molar-refractivity contribution in [3.05, 3.63) is 57.7 Å². The first-order valence-electron chi connectivity index (χ1n) is 7.28. The van der Waals surface area contributed by atoms with Crippen molar-refractivity contribution in [3.63, 3.8) is 0 Å². The predicted octanol–water partition coefficient (Wildman–Crippen LogP) is 3.07. The Kier molecular flexibility index (Phi) is 4.45. The number of aromatic amines is 1. The van der Waals surface area contributed by atoms with Crippen molar-refractivity contribution in [3.8, 4) is 0 Å². The molecule has 1 unspecified atom stereocenters. The van der Waals surface area contributed by atoms with Gasteiger partial charge in [-0.15, -0.1) is 0 Å². The van der Waals surface area contributed by atoms with Gasteiger partial charge in [0.15, 0.2) is 0 Å². The van der Waals surface area contributed by atoms with Crippen LogP contribution in [-0.2, 0) is 11.2 Å². The zero-order chi connectivity index (χ0) is 16.4. The van der Waals surface area contributed by atoms with Crippen molar-refractivity contribution in [2.45, 2.75) is 19.4 Å². The molecule has 2 aromatic heterocycles. The molecule has 0 aliphatic rings. The Morgan fingerprint density at radius 3 is 3.00 bits per heavy atom. The number of H-pyrrole nitrogens is 1. The Morgan fingerprint density at radius 1 is 1.43 bits per heavy atom. The fourth-order valence-electron chi connectivity index (χ4n) is 2.60. The number of halogens is 1. The summed E-state index contributed by atoms with van der Waals surface area (Å²) in [5.74, 6) is -0.529. The van der Waals surface area contributed by atoms with E-state index in [1.54, 1.807) is 6.07 Å². The number of fused-ring (bicyclic) bond motifs is 1. The molecule has 0 aliphatic carbocycles.